The van der Waals surface area contributed by atoms with Crippen LogP contribution in [0.1, 0.15) is 30.3 Å². The predicted octanol–water partition coefficient (Wildman–Crippen LogP) is 3.34. The highest BCUT2D eigenvalue weighted by Crippen LogP contribution is 2.29. The molecule has 1 aromatic carbocycles. The van der Waals surface area contributed by atoms with E-state index in [1.807, 2.05) is 6.07 Å². The summed E-state index contributed by atoms with van der Waals surface area (Å²) in [6, 6.07) is 8.70. The second-order valence-corrected chi connectivity index (χ2v) is 7.97. The number of hydrogen-bond acceptors (Lipinski definition) is 6. The highest BCUT2D eigenvalue weighted by Gasteiger charge is 2.30. The average Bonchev–Trinajstić information content (AvgIpc) is 3.36. The number of furan rings is 1. The molecule has 4 rings (SSSR count). The summed E-state index contributed by atoms with van der Waals surface area (Å²) in [4.78, 5) is 42.5. The molecule has 0 saturated carbocycles. The second-order valence-electron chi connectivity index (χ2n) is 6.94. The maximum Gasteiger partial charge on any atom is 0.289 e. The fourth-order valence-corrected chi connectivity index (χ4v) is 4.31. The van der Waals surface area contributed by atoms with Crippen LogP contribution in [0.3, 0.4) is 0 Å². The number of fused-ring (bicyclic) bond motifs is 1. The van der Waals surface area contributed by atoms with Crippen LogP contribution in [0.2, 0.25) is 0 Å². The molecule has 1 aliphatic heterocycles. The molecular formula is C20H20N4O4S. The van der Waals surface area contributed by atoms with E-state index in [-0.39, 0.29) is 29.4 Å². The molecule has 1 atom stereocenters. The summed E-state index contributed by atoms with van der Waals surface area (Å²) in [5.41, 5.74) is 1.43. The molecule has 0 bridgehead atoms. The molecule has 8 nitrogen and oxygen atoms in total. The molecule has 1 aliphatic rings. The number of anilines is 2. The maximum absolute atomic E-state index is 12.7. The Kier molecular flexibility index (Phi) is 5.30. The van der Waals surface area contributed by atoms with Crippen molar-refractivity contribution >= 4 is 50.1 Å². The monoisotopic (exact) mass is 412 g/mol. The van der Waals surface area contributed by atoms with Crippen molar-refractivity contribution in [2.75, 3.05) is 23.7 Å². The molecule has 2 N–H and O–H groups in total. The molecule has 0 aliphatic carbocycles. The fraction of sp³-hybridized carbons (Fsp3) is 0.300. The number of nitrogens with zero attached hydrogens (tertiary/aromatic N) is 2. The van der Waals surface area contributed by atoms with E-state index in [0.29, 0.717) is 30.3 Å². The van der Waals surface area contributed by atoms with Crippen LogP contribution >= 0.6 is 11.3 Å². The van der Waals surface area contributed by atoms with Crippen molar-refractivity contribution in [3.63, 3.8) is 0 Å². The van der Waals surface area contributed by atoms with Crippen molar-refractivity contribution in [3.05, 3.63) is 42.4 Å². The Labute approximate surface area is 170 Å². The van der Waals surface area contributed by atoms with Crippen LogP contribution in [0, 0.1) is 5.92 Å². The van der Waals surface area contributed by atoms with Crippen molar-refractivity contribution in [2.24, 2.45) is 5.92 Å². The molecule has 3 amide bonds. The Morgan fingerprint density at radius 1 is 1.24 bits per heavy atom. The van der Waals surface area contributed by atoms with Crippen LogP contribution < -0.4 is 10.6 Å². The highest BCUT2D eigenvalue weighted by atomic mass is 32.1. The number of hydrogen-bond donors (Lipinski definition) is 2. The van der Waals surface area contributed by atoms with Crippen molar-refractivity contribution in [1.29, 1.82) is 0 Å². The molecule has 0 unspecified atom stereocenters. The number of benzene rings is 1. The molecule has 3 heterocycles. The van der Waals surface area contributed by atoms with E-state index in [2.05, 4.69) is 15.6 Å². The van der Waals surface area contributed by atoms with Gasteiger partial charge in [0.05, 0.1) is 22.4 Å². The molecule has 1 fully saturated rings. The molecule has 9 heteroatoms. The molecule has 0 radical (unpaired) electrons. The van der Waals surface area contributed by atoms with Gasteiger partial charge in [-0.2, -0.15) is 0 Å². The molecular weight excluding hydrogens is 392 g/mol. The molecule has 1 saturated heterocycles. The fourth-order valence-electron chi connectivity index (χ4n) is 3.40. The third-order valence-corrected chi connectivity index (χ3v) is 5.68. The van der Waals surface area contributed by atoms with Crippen LogP contribution in [-0.4, -0.2) is 40.7 Å². The van der Waals surface area contributed by atoms with Crippen molar-refractivity contribution in [3.8, 4) is 0 Å². The van der Waals surface area contributed by atoms with E-state index in [1.54, 1.807) is 29.2 Å². The number of piperidine rings is 1. The van der Waals surface area contributed by atoms with Crippen LogP contribution in [0.4, 0.5) is 10.8 Å². The van der Waals surface area contributed by atoms with E-state index >= 15 is 0 Å². The first-order valence-electron chi connectivity index (χ1n) is 9.31. The number of likely N-dealkylation sites (tertiary alicyclic amines) is 1. The smallest absolute Gasteiger partial charge is 0.289 e. The summed E-state index contributed by atoms with van der Waals surface area (Å²) < 4.78 is 6.05. The van der Waals surface area contributed by atoms with Gasteiger partial charge in [-0.05, 0) is 43.2 Å². The molecule has 29 heavy (non-hydrogen) atoms. The summed E-state index contributed by atoms with van der Waals surface area (Å²) in [5, 5.41) is 6.11. The highest BCUT2D eigenvalue weighted by molar-refractivity contribution is 7.22. The summed E-state index contributed by atoms with van der Waals surface area (Å²) in [7, 11) is 0. The van der Waals surface area contributed by atoms with Crippen molar-refractivity contribution < 1.29 is 18.8 Å². The summed E-state index contributed by atoms with van der Waals surface area (Å²) >= 11 is 1.35. The number of thiazole rings is 1. The minimum atomic E-state index is -0.301. The van der Waals surface area contributed by atoms with Crippen molar-refractivity contribution in [2.45, 2.75) is 19.8 Å². The van der Waals surface area contributed by atoms with E-state index < -0.39 is 0 Å². The van der Waals surface area contributed by atoms with Gasteiger partial charge in [0.2, 0.25) is 11.8 Å². The van der Waals surface area contributed by atoms with Crippen LogP contribution in [0.5, 0.6) is 0 Å². The van der Waals surface area contributed by atoms with E-state index in [0.717, 1.165) is 16.6 Å². The largest absolute Gasteiger partial charge is 0.459 e. The van der Waals surface area contributed by atoms with Crippen LogP contribution in [-0.2, 0) is 9.59 Å². The third-order valence-electron chi connectivity index (χ3n) is 4.75. The summed E-state index contributed by atoms with van der Waals surface area (Å²) in [6.45, 7) is 2.41. The Balaban J connectivity index is 1.43. The number of nitrogens with one attached hydrogen (secondary N) is 2. The van der Waals surface area contributed by atoms with E-state index in [9.17, 15) is 14.4 Å². The lowest BCUT2D eigenvalue weighted by atomic mass is 9.97. The zero-order valence-electron chi connectivity index (χ0n) is 15.8. The molecule has 3 aromatic rings. The van der Waals surface area contributed by atoms with Gasteiger partial charge in [0.15, 0.2) is 10.9 Å². The number of carbonyl (C=O) groups is 3. The molecule has 2 aromatic heterocycles. The Bertz CT molecular complexity index is 1060. The molecule has 150 valence electrons. The van der Waals surface area contributed by atoms with Gasteiger partial charge in [-0.25, -0.2) is 4.98 Å². The summed E-state index contributed by atoms with van der Waals surface area (Å²) in [5.74, 6) is -0.508. The number of amides is 3. The number of carbonyl (C=O) groups excluding carboxylic acids is 3. The van der Waals surface area contributed by atoms with Gasteiger partial charge >= 0.3 is 0 Å². The summed E-state index contributed by atoms with van der Waals surface area (Å²) in [6.07, 6.45) is 2.93. The molecule has 0 spiro atoms. The van der Waals surface area contributed by atoms with Crippen molar-refractivity contribution in [1.82, 2.24) is 9.88 Å². The minimum absolute atomic E-state index is 0.145. The topological polar surface area (TPSA) is 105 Å². The zero-order chi connectivity index (χ0) is 20.4. The van der Waals surface area contributed by atoms with E-state index in [1.165, 1.54) is 24.5 Å². The lowest BCUT2D eigenvalue weighted by Crippen LogP contribution is -2.43. The first-order chi connectivity index (χ1) is 14.0. The lowest BCUT2D eigenvalue weighted by Gasteiger charge is -2.31. The zero-order valence-corrected chi connectivity index (χ0v) is 16.6. The van der Waals surface area contributed by atoms with Gasteiger partial charge in [-0.15, -0.1) is 0 Å². The van der Waals surface area contributed by atoms with Gasteiger partial charge in [0, 0.05) is 25.7 Å². The SMILES string of the molecule is CC(=O)Nc1ccc2nc(NC(=O)[C@@H]3CCCN(C(=O)c4ccco4)C3)sc2c1. The quantitative estimate of drug-likeness (QED) is 0.684. The number of rotatable bonds is 4. The van der Waals surface area contributed by atoms with E-state index in [4.69, 9.17) is 4.42 Å². The average molecular weight is 412 g/mol. The van der Waals surface area contributed by atoms with Crippen LogP contribution in [0.25, 0.3) is 10.2 Å². The Morgan fingerprint density at radius 3 is 2.86 bits per heavy atom. The van der Waals surface area contributed by atoms with Gasteiger partial charge < -0.3 is 20.0 Å². The minimum Gasteiger partial charge on any atom is -0.459 e. The predicted molar refractivity (Wildman–Crippen MR) is 110 cm³/mol. The normalized spacial score (nSPS) is 16.6. The Hall–Kier alpha value is -3.20. The standard InChI is InChI=1S/C20H20N4O4S/c1-12(25)21-14-6-7-15-17(10-14)29-20(22-15)23-18(26)13-4-2-8-24(11-13)19(27)16-5-3-9-28-16/h3,5-7,9-10,13H,2,4,8,11H2,1H3,(H,21,25)(H,22,23,26)/t13-/m1/s1. The maximum atomic E-state index is 12.7. The van der Waals surface area contributed by atoms with Gasteiger partial charge in [0.25, 0.3) is 5.91 Å². The lowest BCUT2D eigenvalue weighted by molar-refractivity contribution is -0.121. The third kappa shape index (κ3) is 4.29. The first-order valence-corrected chi connectivity index (χ1v) is 10.1. The van der Waals surface area contributed by atoms with Gasteiger partial charge in [-0.1, -0.05) is 11.3 Å². The number of aromatic nitrogens is 1. The Morgan fingerprint density at radius 2 is 2.10 bits per heavy atom. The van der Waals surface area contributed by atoms with Gasteiger partial charge in [-0.3, -0.25) is 14.4 Å². The second kappa shape index (κ2) is 8.04. The van der Waals surface area contributed by atoms with Crippen LogP contribution in [0.15, 0.2) is 41.0 Å². The first kappa shape index (κ1) is 19.1. The van der Waals surface area contributed by atoms with Gasteiger partial charge in [0.1, 0.15) is 0 Å².